The molecule has 82 valence electrons. The predicted molar refractivity (Wildman–Crippen MR) is 63.9 cm³/mol. The van der Waals surface area contributed by atoms with E-state index in [-0.39, 0.29) is 6.03 Å². The maximum absolute atomic E-state index is 11.3. The molecule has 1 aromatic carbocycles. The molecule has 0 radical (unpaired) electrons. The van der Waals surface area contributed by atoms with Gasteiger partial charge in [0, 0.05) is 12.4 Å². The van der Waals surface area contributed by atoms with E-state index in [1.54, 1.807) is 6.07 Å². The van der Waals surface area contributed by atoms with Gasteiger partial charge in [0.15, 0.2) is 0 Å². The zero-order valence-electron chi connectivity index (χ0n) is 8.31. The lowest BCUT2D eigenvalue weighted by molar-refractivity contribution is 0.252. The molecule has 0 spiro atoms. The first-order valence-corrected chi connectivity index (χ1v) is 5.42. The molecular weight excluding hydrogens is 235 g/mol. The summed E-state index contributed by atoms with van der Waals surface area (Å²) in [5.41, 5.74) is 1.52. The highest BCUT2D eigenvalue weighted by molar-refractivity contribution is 6.34. The van der Waals surface area contributed by atoms with Gasteiger partial charge in [-0.1, -0.05) is 23.7 Å². The van der Waals surface area contributed by atoms with Crippen LogP contribution in [0.3, 0.4) is 0 Å². The lowest BCUT2D eigenvalue weighted by atomic mass is 10.2. The van der Waals surface area contributed by atoms with Crippen LogP contribution in [0, 0.1) is 6.92 Å². The molecule has 0 heterocycles. The van der Waals surface area contributed by atoms with E-state index in [1.807, 2.05) is 19.1 Å². The average Bonchev–Trinajstić information content (AvgIpc) is 2.22. The van der Waals surface area contributed by atoms with Gasteiger partial charge in [-0.25, -0.2) is 4.79 Å². The molecule has 0 unspecified atom stereocenters. The van der Waals surface area contributed by atoms with Crippen LogP contribution in [0.1, 0.15) is 5.56 Å². The van der Waals surface area contributed by atoms with Gasteiger partial charge in [-0.15, -0.1) is 11.6 Å². The number of urea groups is 1. The van der Waals surface area contributed by atoms with E-state index in [9.17, 15) is 4.79 Å². The molecule has 0 fully saturated rings. The van der Waals surface area contributed by atoms with Crippen LogP contribution in [0.25, 0.3) is 0 Å². The third kappa shape index (κ3) is 3.61. The lowest BCUT2D eigenvalue weighted by Gasteiger charge is -2.09. The van der Waals surface area contributed by atoms with Gasteiger partial charge >= 0.3 is 6.03 Å². The summed E-state index contributed by atoms with van der Waals surface area (Å²) >= 11 is 11.4. The second-order valence-corrected chi connectivity index (χ2v) is 3.76. The van der Waals surface area contributed by atoms with Crippen molar-refractivity contribution in [2.75, 3.05) is 17.7 Å². The molecule has 0 aliphatic rings. The van der Waals surface area contributed by atoms with Gasteiger partial charge in [0.2, 0.25) is 0 Å². The van der Waals surface area contributed by atoms with Crippen molar-refractivity contribution < 1.29 is 4.79 Å². The summed E-state index contributed by atoms with van der Waals surface area (Å²) < 4.78 is 0. The quantitative estimate of drug-likeness (QED) is 0.792. The third-order valence-electron chi connectivity index (χ3n) is 1.82. The fourth-order valence-corrected chi connectivity index (χ4v) is 1.34. The molecule has 3 nitrogen and oxygen atoms in total. The highest BCUT2D eigenvalue weighted by Crippen LogP contribution is 2.24. The Morgan fingerprint density at radius 2 is 2.20 bits per heavy atom. The highest BCUT2D eigenvalue weighted by atomic mass is 35.5. The standard InChI is InChI=1S/C10H12Cl2N2O/c1-7-3-2-4-8(9(7)12)14-10(15)13-6-5-11/h2-4H,5-6H2,1H3,(H2,13,14,15). The van der Waals surface area contributed by atoms with Gasteiger partial charge < -0.3 is 10.6 Å². The van der Waals surface area contributed by atoms with Gasteiger partial charge in [0.25, 0.3) is 0 Å². The summed E-state index contributed by atoms with van der Waals surface area (Å²) in [6.07, 6.45) is 0. The molecule has 2 N–H and O–H groups in total. The molecular formula is C10H12Cl2N2O. The van der Waals surface area contributed by atoms with Gasteiger partial charge in [0.1, 0.15) is 0 Å². The van der Waals surface area contributed by atoms with E-state index in [0.29, 0.717) is 23.1 Å². The first kappa shape index (κ1) is 12.1. The van der Waals surface area contributed by atoms with E-state index in [2.05, 4.69) is 10.6 Å². The first-order valence-electron chi connectivity index (χ1n) is 4.51. The third-order valence-corrected chi connectivity index (χ3v) is 2.51. The number of alkyl halides is 1. The largest absolute Gasteiger partial charge is 0.337 e. The summed E-state index contributed by atoms with van der Waals surface area (Å²) in [5, 5.41) is 5.79. The lowest BCUT2D eigenvalue weighted by Crippen LogP contribution is -2.30. The van der Waals surface area contributed by atoms with E-state index in [0.717, 1.165) is 5.56 Å². The minimum absolute atomic E-state index is 0.303. The normalized spacial score (nSPS) is 9.80. The van der Waals surface area contributed by atoms with E-state index < -0.39 is 0 Å². The van der Waals surface area contributed by atoms with Gasteiger partial charge in [-0.05, 0) is 18.6 Å². The number of amides is 2. The molecule has 5 heteroatoms. The number of halogens is 2. The van der Waals surface area contributed by atoms with Gasteiger partial charge in [-0.3, -0.25) is 0 Å². The number of nitrogens with one attached hydrogen (secondary N) is 2. The van der Waals surface area contributed by atoms with Crippen molar-refractivity contribution in [3.8, 4) is 0 Å². The van der Waals surface area contributed by atoms with Crippen LogP contribution in [0.15, 0.2) is 18.2 Å². The Morgan fingerprint density at radius 1 is 1.47 bits per heavy atom. The maximum Gasteiger partial charge on any atom is 0.319 e. The Hall–Kier alpha value is -0.930. The SMILES string of the molecule is Cc1cccc(NC(=O)NCCCl)c1Cl. The Labute approximate surface area is 98.8 Å². The minimum atomic E-state index is -0.303. The molecule has 0 saturated carbocycles. The number of aryl methyl sites for hydroxylation is 1. The molecule has 1 rings (SSSR count). The van der Waals surface area contributed by atoms with Crippen LogP contribution in [-0.4, -0.2) is 18.5 Å². The maximum atomic E-state index is 11.3. The Bertz CT molecular complexity index is 355. The molecule has 0 aliphatic carbocycles. The van der Waals surface area contributed by atoms with Crippen molar-refractivity contribution in [1.82, 2.24) is 5.32 Å². The summed E-state index contributed by atoms with van der Waals surface area (Å²) in [6.45, 7) is 2.31. The Balaban J connectivity index is 2.64. The highest BCUT2D eigenvalue weighted by Gasteiger charge is 2.05. The molecule has 0 atom stereocenters. The summed E-state index contributed by atoms with van der Waals surface area (Å²) in [4.78, 5) is 11.3. The van der Waals surface area contributed by atoms with Crippen LogP contribution < -0.4 is 10.6 Å². The molecule has 0 aliphatic heterocycles. The number of hydrogen-bond donors (Lipinski definition) is 2. The molecule has 0 saturated heterocycles. The molecule has 0 bridgehead atoms. The number of carbonyl (C=O) groups excluding carboxylic acids is 1. The first-order chi connectivity index (χ1) is 7.15. The predicted octanol–water partition coefficient (Wildman–Crippen LogP) is 3.01. The zero-order chi connectivity index (χ0) is 11.3. The van der Waals surface area contributed by atoms with Crippen LogP contribution in [0.5, 0.6) is 0 Å². The van der Waals surface area contributed by atoms with Crippen molar-refractivity contribution >= 4 is 34.9 Å². The molecule has 15 heavy (non-hydrogen) atoms. The number of carbonyl (C=O) groups is 1. The Kier molecular flexibility index (Phi) is 4.72. The van der Waals surface area contributed by atoms with Crippen molar-refractivity contribution in [3.63, 3.8) is 0 Å². The van der Waals surface area contributed by atoms with Crippen LogP contribution in [0.4, 0.5) is 10.5 Å². The van der Waals surface area contributed by atoms with Crippen molar-refractivity contribution in [2.45, 2.75) is 6.92 Å². The van der Waals surface area contributed by atoms with E-state index in [4.69, 9.17) is 23.2 Å². The summed E-state index contributed by atoms with van der Waals surface area (Å²) in [6, 6.07) is 5.15. The summed E-state index contributed by atoms with van der Waals surface area (Å²) in [7, 11) is 0. The number of benzene rings is 1. The summed E-state index contributed by atoms with van der Waals surface area (Å²) in [5.74, 6) is 0.384. The minimum Gasteiger partial charge on any atom is -0.337 e. The van der Waals surface area contributed by atoms with Crippen LogP contribution in [-0.2, 0) is 0 Å². The second-order valence-electron chi connectivity index (χ2n) is 3.01. The van der Waals surface area contributed by atoms with E-state index in [1.165, 1.54) is 0 Å². The zero-order valence-corrected chi connectivity index (χ0v) is 9.82. The number of hydrogen-bond acceptors (Lipinski definition) is 1. The molecule has 1 aromatic rings. The van der Waals surface area contributed by atoms with Crippen molar-refractivity contribution in [1.29, 1.82) is 0 Å². The number of anilines is 1. The molecule has 2 amide bonds. The fraction of sp³-hybridized carbons (Fsp3) is 0.300. The average molecular weight is 247 g/mol. The van der Waals surface area contributed by atoms with E-state index >= 15 is 0 Å². The van der Waals surface area contributed by atoms with Crippen LogP contribution >= 0.6 is 23.2 Å². The van der Waals surface area contributed by atoms with Crippen LogP contribution in [0.2, 0.25) is 5.02 Å². The second kappa shape index (κ2) is 5.83. The van der Waals surface area contributed by atoms with Gasteiger partial charge in [-0.2, -0.15) is 0 Å². The van der Waals surface area contributed by atoms with Crippen molar-refractivity contribution in [2.24, 2.45) is 0 Å². The van der Waals surface area contributed by atoms with Gasteiger partial charge in [0.05, 0.1) is 10.7 Å². The topological polar surface area (TPSA) is 41.1 Å². The number of rotatable bonds is 3. The molecule has 0 aromatic heterocycles. The van der Waals surface area contributed by atoms with Crippen molar-refractivity contribution in [3.05, 3.63) is 28.8 Å². The Morgan fingerprint density at radius 3 is 2.87 bits per heavy atom. The monoisotopic (exact) mass is 246 g/mol. The smallest absolute Gasteiger partial charge is 0.319 e. The fourth-order valence-electron chi connectivity index (χ4n) is 1.07.